The van der Waals surface area contributed by atoms with Gasteiger partial charge in [0.1, 0.15) is 5.60 Å². The molecule has 1 N–H and O–H groups in total. The Bertz CT molecular complexity index is 797. The van der Waals surface area contributed by atoms with Gasteiger partial charge in [0.05, 0.1) is 5.71 Å². The molecule has 0 aromatic heterocycles. The first-order chi connectivity index (χ1) is 13.1. The van der Waals surface area contributed by atoms with Crippen LogP contribution in [0.3, 0.4) is 0 Å². The van der Waals surface area contributed by atoms with Crippen LogP contribution < -0.4 is 0 Å². The van der Waals surface area contributed by atoms with Crippen molar-refractivity contribution in [3.63, 3.8) is 0 Å². The van der Waals surface area contributed by atoms with Crippen molar-refractivity contribution in [2.45, 2.75) is 63.9 Å². The molecule has 0 radical (unpaired) electrons. The SMILES string of the molecule is CC[C@]12CCC3C(C4CC4C4=CC(=NO)CC[C@@H]43)C1CC[C@@]21C=CC(=O)O1. The number of esters is 1. The Morgan fingerprint density at radius 2 is 2.11 bits per heavy atom. The van der Waals surface area contributed by atoms with Gasteiger partial charge < -0.3 is 9.94 Å². The van der Waals surface area contributed by atoms with Crippen LogP contribution in [0.25, 0.3) is 0 Å². The van der Waals surface area contributed by atoms with Crippen molar-refractivity contribution < 1.29 is 14.7 Å². The molecule has 0 saturated heterocycles. The molecular weight excluding hydrogens is 338 g/mol. The number of hydrogen-bond donors (Lipinski definition) is 1. The van der Waals surface area contributed by atoms with E-state index in [0.29, 0.717) is 11.8 Å². The second kappa shape index (κ2) is 5.27. The minimum atomic E-state index is -0.321. The predicted octanol–water partition coefficient (Wildman–Crippen LogP) is 4.49. The van der Waals surface area contributed by atoms with Gasteiger partial charge in [-0.1, -0.05) is 17.7 Å². The van der Waals surface area contributed by atoms with Gasteiger partial charge in [-0.15, -0.1) is 0 Å². The van der Waals surface area contributed by atoms with Crippen LogP contribution in [0.15, 0.2) is 29.0 Å². The molecule has 6 aliphatic rings. The molecule has 0 amide bonds. The Hall–Kier alpha value is -1.58. The topological polar surface area (TPSA) is 58.9 Å². The van der Waals surface area contributed by atoms with Gasteiger partial charge in [0.15, 0.2) is 0 Å². The number of nitrogens with zero attached hydrogens (tertiary/aromatic N) is 1. The smallest absolute Gasteiger partial charge is 0.331 e. The lowest BCUT2D eigenvalue weighted by molar-refractivity contribution is -0.165. The quantitative estimate of drug-likeness (QED) is 0.422. The van der Waals surface area contributed by atoms with Crippen molar-refractivity contribution >= 4 is 11.7 Å². The van der Waals surface area contributed by atoms with Gasteiger partial charge in [0.2, 0.25) is 0 Å². The first-order valence-corrected chi connectivity index (χ1v) is 11.0. The van der Waals surface area contributed by atoms with E-state index in [0.717, 1.165) is 55.1 Å². The summed E-state index contributed by atoms with van der Waals surface area (Å²) in [6.07, 6.45) is 15.2. The minimum Gasteiger partial charge on any atom is -0.451 e. The van der Waals surface area contributed by atoms with Crippen molar-refractivity contribution in [3.8, 4) is 0 Å². The summed E-state index contributed by atoms with van der Waals surface area (Å²) < 4.78 is 6.03. The van der Waals surface area contributed by atoms with E-state index in [1.54, 1.807) is 11.6 Å². The van der Waals surface area contributed by atoms with Gasteiger partial charge in [-0.2, -0.15) is 0 Å². The highest BCUT2D eigenvalue weighted by Gasteiger charge is 2.70. The van der Waals surface area contributed by atoms with Crippen molar-refractivity contribution in [2.24, 2.45) is 46.1 Å². The normalized spacial score (nSPS) is 53.4. The molecule has 4 fully saturated rings. The molecule has 0 bridgehead atoms. The van der Waals surface area contributed by atoms with Crippen molar-refractivity contribution in [1.29, 1.82) is 0 Å². The van der Waals surface area contributed by atoms with E-state index in [-0.39, 0.29) is 17.0 Å². The van der Waals surface area contributed by atoms with Crippen LogP contribution in [0.2, 0.25) is 0 Å². The lowest BCUT2D eigenvalue weighted by atomic mass is 9.49. The Kier molecular flexibility index (Phi) is 3.20. The molecule has 27 heavy (non-hydrogen) atoms. The third kappa shape index (κ3) is 1.90. The van der Waals surface area contributed by atoms with Gasteiger partial charge in [-0.25, -0.2) is 4.79 Å². The zero-order valence-electron chi connectivity index (χ0n) is 16.1. The molecule has 5 aliphatic carbocycles. The molecule has 5 unspecified atom stereocenters. The average molecular weight is 367 g/mol. The average Bonchev–Trinajstić information content (AvgIpc) is 3.32. The predicted molar refractivity (Wildman–Crippen MR) is 101 cm³/mol. The number of carbonyl (C=O) groups excluding carboxylic acids is 1. The first kappa shape index (κ1) is 16.4. The van der Waals surface area contributed by atoms with Crippen molar-refractivity contribution in [1.82, 2.24) is 0 Å². The molecule has 1 spiro atoms. The van der Waals surface area contributed by atoms with Gasteiger partial charge >= 0.3 is 5.97 Å². The monoisotopic (exact) mass is 367 g/mol. The number of fused-ring (bicyclic) bond motifs is 9. The van der Waals surface area contributed by atoms with Gasteiger partial charge in [0, 0.05) is 11.5 Å². The summed E-state index contributed by atoms with van der Waals surface area (Å²) >= 11 is 0. The molecule has 1 heterocycles. The number of ether oxygens (including phenoxy) is 1. The Morgan fingerprint density at radius 1 is 1.22 bits per heavy atom. The largest absolute Gasteiger partial charge is 0.451 e. The summed E-state index contributed by atoms with van der Waals surface area (Å²) in [7, 11) is 0. The maximum atomic E-state index is 12.0. The second-order valence-electron chi connectivity index (χ2n) is 9.97. The maximum Gasteiger partial charge on any atom is 0.331 e. The molecule has 4 saturated carbocycles. The van der Waals surface area contributed by atoms with Crippen LogP contribution in [0, 0.1) is 40.9 Å². The zero-order valence-corrected chi connectivity index (χ0v) is 16.1. The number of rotatable bonds is 1. The minimum absolute atomic E-state index is 0.133. The third-order valence-corrected chi connectivity index (χ3v) is 9.54. The fraction of sp³-hybridized carbons (Fsp3) is 0.739. The summed E-state index contributed by atoms with van der Waals surface area (Å²) in [5.74, 6) is 4.36. The molecular formula is C23H29NO3. The van der Waals surface area contributed by atoms with Crippen LogP contribution in [0.4, 0.5) is 0 Å². The van der Waals surface area contributed by atoms with Gasteiger partial charge in [-0.05, 0) is 99.0 Å². The summed E-state index contributed by atoms with van der Waals surface area (Å²) in [5, 5.41) is 12.7. The second-order valence-corrected chi connectivity index (χ2v) is 9.97. The van der Waals surface area contributed by atoms with Crippen molar-refractivity contribution in [2.75, 3.05) is 0 Å². The highest BCUT2D eigenvalue weighted by atomic mass is 16.6. The lowest BCUT2D eigenvalue weighted by Crippen LogP contribution is -2.54. The fourth-order valence-electron chi connectivity index (χ4n) is 8.54. The Morgan fingerprint density at radius 3 is 2.85 bits per heavy atom. The standard InChI is InChI=1S/C23H29NO3/c1-2-22-8-5-15-14-4-3-13(24-26)11-16(14)17-12-18(17)21(15)19(22)6-9-23(22)10-7-20(25)27-23/h7,10-11,14-15,17-19,21,26H,2-6,8-9,12H2,1H3/t14-,15?,17?,18?,19?,21?,22+,23-/m1/s1. The highest BCUT2D eigenvalue weighted by Crippen LogP contribution is 2.73. The molecule has 8 atom stereocenters. The van der Waals surface area contributed by atoms with Crippen LogP contribution in [0.5, 0.6) is 0 Å². The van der Waals surface area contributed by atoms with Gasteiger partial charge in [-0.3, -0.25) is 0 Å². The number of oxime groups is 1. The van der Waals surface area contributed by atoms with Crippen molar-refractivity contribution in [3.05, 3.63) is 23.8 Å². The molecule has 144 valence electrons. The van der Waals surface area contributed by atoms with E-state index >= 15 is 0 Å². The summed E-state index contributed by atoms with van der Waals surface area (Å²) in [5.41, 5.74) is 2.31. The van der Waals surface area contributed by atoms with E-state index in [9.17, 15) is 10.0 Å². The van der Waals surface area contributed by atoms with E-state index < -0.39 is 0 Å². The fourth-order valence-corrected chi connectivity index (χ4v) is 8.54. The van der Waals surface area contributed by atoms with Crippen LogP contribution in [-0.2, 0) is 9.53 Å². The molecule has 1 aliphatic heterocycles. The molecule has 0 aromatic carbocycles. The summed E-state index contributed by atoms with van der Waals surface area (Å²) in [6, 6.07) is 0. The van der Waals surface area contributed by atoms with E-state index in [4.69, 9.17) is 4.74 Å². The third-order valence-electron chi connectivity index (χ3n) is 9.54. The van der Waals surface area contributed by atoms with Crippen LogP contribution in [-0.4, -0.2) is 22.5 Å². The molecule has 6 rings (SSSR count). The zero-order chi connectivity index (χ0) is 18.4. The van der Waals surface area contributed by atoms with Crippen LogP contribution in [0.1, 0.15) is 58.3 Å². The van der Waals surface area contributed by atoms with E-state index in [2.05, 4.69) is 24.2 Å². The van der Waals surface area contributed by atoms with Gasteiger partial charge in [0.25, 0.3) is 0 Å². The van der Waals surface area contributed by atoms with Crippen LogP contribution >= 0.6 is 0 Å². The Labute approximate surface area is 160 Å². The lowest BCUT2D eigenvalue weighted by Gasteiger charge is -2.56. The number of hydrogen-bond acceptors (Lipinski definition) is 4. The summed E-state index contributed by atoms with van der Waals surface area (Å²) in [4.78, 5) is 12.0. The Balaban J connectivity index is 1.38. The molecule has 4 nitrogen and oxygen atoms in total. The number of allylic oxidation sites excluding steroid dienone is 2. The highest BCUT2D eigenvalue weighted by molar-refractivity contribution is 5.96. The first-order valence-electron chi connectivity index (χ1n) is 11.0. The van der Waals surface area contributed by atoms with E-state index in [1.165, 1.54) is 25.7 Å². The maximum absolute atomic E-state index is 12.0. The number of carbonyl (C=O) groups is 1. The van der Waals surface area contributed by atoms with E-state index in [1.807, 2.05) is 0 Å². The molecule has 0 aromatic rings. The summed E-state index contributed by atoms with van der Waals surface area (Å²) in [6.45, 7) is 2.32. The molecule has 4 heteroatoms.